The molecule has 19 heavy (non-hydrogen) atoms. The summed E-state index contributed by atoms with van der Waals surface area (Å²) in [4.78, 5) is 11.3. The lowest BCUT2D eigenvalue weighted by molar-refractivity contribution is -0.116. The van der Waals surface area contributed by atoms with Crippen LogP contribution in [0.25, 0.3) is 0 Å². The number of amides is 1. The summed E-state index contributed by atoms with van der Waals surface area (Å²) in [6.45, 7) is 5.60. The molecule has 1 heterocycles. The van der Waals surface area contributed by atoms with E-state index in [0.29, 0.717) is 18.3 Å². The summed E-state index contributed by atoms with van der Waals surface area (Å²) >= 11 is 0. The van der Waals surface area contributed by atoms with E-state index in [2.05, 4.69) is 42.7 Å². The van der Waals surface area contributed by atoms with Crippen molar-refractivity contribution in [2.24, 2.45) is 11.8 Å². The minimum absolute atomic E-state index is 0.135. The first-order valence-corrected chi connectivity index (χ1v) is 7.16. The van der Waals surface area contributed by atoms with Crippen molar-refractivity contribution < 1.29 is 4.79 Å². The number of nitrogens with one attached hydrogen (secondary N) is 2. The van der Waals surface area contributed by atoms with Gasteiger partial charge in [-0.15, -0.1) is 0 Å². The van der Waals surface area contributed by atoms with Crippen LogP contribution < -0.4 is 10.6 Å². The van der Waals surface area contributed by atoms with Crippen LogP contribution in [0.3, 0.4) is 0 Å². The fourth-order valence-electron chi connectivity index (χ4n) is 2.67. The zero-order valence-corrected chi connectivity index (χ0v) is 12.1. The second-order valence-electron chi connectivity index (χ2n) is 5.81. The summed E-state index contributed by atoms with van der Waals surface area (Å²) in [5.74, 6) is 1.46. The summed E-state index contributed by atoms with van der Waals surface area (Å²) in [6.07, 6.45) is 2.58. The first-order chi connectivity index (χ1) is 9.10. The molecule has 1 aromatic carbocycles. The molecule has 1 amide bonds. The Bertz CT molecular complexity index is 454. The van der Waals surface area contributed by atoms with Gasteiger partial charge in [0.2, 0.25) is 5.91 Å². The van der Waals surface area contributed by atoms with Crippen LogP contribution in [0.4, 0.5) is 5.69 Å². The highest BCUT2D eigenvalue weighted by Gasteiger charge is 2.17. The average molecular weight is 260 g/mol. The topological polar surface area (TPSA) is 41.1 Å². The van der Waals surface area contributed by atoms with Gasteiger partial charge in [0, 0.05) is 12.1 Å². The van der Waals surface area contributed by atoms with Crippen LogP contribution in [0.2, 0.25) is 0 Å². The van der Waals surface area contributed by atoms with E-state index in [9.17, 15) is 4.79 Å². The molecule has 0 aromatic heterocycles. The summed E-state index contributed by atoms with van der Waals surface area (Å²) in [6, 6.07) is 6.47. The molecular weight excluding hydrogens is 236 g/mol. The number of rotatable bonds is 5. The average Bonchev–Trinajstić information content (AvgIpc) is 2.38. The smallest absolute Gasteiger partial charge is 0.224 e. The Morgan fingerprint density at radius 1 is 1.32 bits per heavy atom. The van der Waals surface area contributed by atoms with Gasteiger partial charge in [0.25, 0.3) is 0 Å². The normalized spacial score (nSPS) is 16.1. The van der Waals surface area contributed by atoms with Crippen molar-refractivity contribution in [1.29, 1.82) is 0 Å². The Kier molecular flexibility index (Phi) is 4.59. The third kappa shape index (κ3) is 3.57. The van der Waals surface area contributed by atoms with Crippen molar-refractivity contribution in [1.82, 2.24) is 5.32 Å². The van der Waals surface area contributed by atoms with Crippen molar-refractivity contribution in [3.63, 3.8) is 0 Å². The quantitative estimate of drug-likeness (QED) is 0.854. The molecule has 0 aliphatic carbocycles. The van der Waals surface area contributed by atoms with Crippen LogP contribution in [0, 0.1) is 11.8 Å². The second kappa shape index (κ2) is 6.20. The van der Waals surface area contributed by atoms with E-state index in [0.717, 1.165) is 25.1 Å². The molecule has 3 nitrogen and oxygen atoms in total. The van der Waals surface area contributed by atoms with Crippen molar-refractivity contribution in [3.8, 4) is 0 Å². The fourth-order valence-corrected chi connectivity index (χ4v) is 2.67. The van der Waals surface area contributed by atoms with Gasteiger partial charge in [-0.3, -0.25) is 4.79 Å². The van der Waals surface area contributed by atoms with Crippen LogP contribution in [0.15, 0.2) is 18.2 Å². The fraction of sp³-hybridized carbons (Fsp3) is 0.562. The number of carbonyl (C=O) groups excluding carboxylic acids is 1. The van der Waals surface area contributed by atoms with Crippen LogP contribution in [-0.4, -0.2) is 19.5 Å². The Hall–Kier alpha value is -1.35. The largest absolute Gasteiger partial charge is 0.326 e. The van der Waals surface area contributed by atoms with E-state index in [1.54, 1.807) is 0 Å². The maximum absolute atomic E-state index is 11.3. The molecule has 0 saturated heterocycles. The molecule has 104 valence electrons. The van der Waals surface area contributed by atoms with Crippen molar-refractivity contribution >= 4 is 11.6 Å². The standard InChI is InChI=1S/C16H24N2O/c1-11(2)14(10-17-3)9-12-4-6-15-13(8-12)5-7-16(19)18-15/h4,6,8,11,14,17H,5,7,9-10H2,1-3H3,(H,18,19). The SMILES string of the molecule is CNCC(Cc1ccc2c(c1)CCC(=O)N2)C(C)C. The van der Waals surface area contributed by atoms with E-state index < -0.39 is 0 Å². The minimum atomic E-state index is 0.135. The Morgan fingerprint density at radius 3 is 2.79 bits per heavy atom. The van der Waals surface area contributed by atoms with Gasteiger partial charge in [0.05, 0.1) is 0 Å². The van der Waals surface area contributed by atoms with Crippen LogP contribution in [0.1, 0.15) is 31.4 Å². The molecule has 2 N–H and O–H groups in total. The molecule has 3 heteroatoms. The summed E-state index contributed by atoms with van der Waals surface area (Å²) < 4.78 is 0. The molecule has 0 spiro atoms. The monoisotopic (exact) mass is 260 g/mol. The van der Waals surface area contributed by atoms with Gasteiger partial charge in [-0.1, -0.05) is 26.0 Å². The number of carbonyl (C=O) groups is 1. The van der Waals surface area contributed by atoms with Crippen LogP contribution in [-0.2, 0) is 17.6 Å². The van der Waals surface area contributed by atoms with E-state index in [-0.39, 0.29) is 5.91 Å². The lowest BCUT2D eigenvalue weighted by Gasteiger charge is -2.22. The summed E-state index contributed by atoms with van der Waals surface area (Å²) in [5, 5.41) is 6.22. The third-order valence-corrected chi connectivity index (χ3v) is 3.97. The van der Waals surface area contributed by atoms with Gasteiger partial charge >= 0.3 is 0 Å². The van der Waals surface area contributed by atoms with E-state index >= 15 is 0 Å². The predicted molar refractivity (Wildman–Crippen MR) is 79.4 cm³/mol. The molecule has 1 atom stereocenters. The van der Waals surface area contributed by atoms with Crippen LogP contribution >= 0.6 is 0 Å². The summed E-state index contributed by atoms with van der Waals surface area (Å²) in [7, 11) is 2.01. The van der Waals surface area contributed by atoms with E-state index in [1.807, 2.05) is 7.05 Å². The summed E-state index contributed by atoms with van der Waals surface area (Å²) in [5.41, 5.74) is 3.66. The number of hydrogen-bond acceptors (Lipinski definition) is 2. The predicted octanol–water partition coefficient (Wildman–Crippen LogP) is 2.61. The maximum atomic E-state index is 11.3. The van der Waals surface area contributed by atoms with Gasteiger partial charge in [0.1, 0.15) is 0 Å². The van der Waals surface area contributed by atoms with Gasteiger partial charge in [-0.05, 0) is 55.5 Å². The second-order valence-corrected chi connectivity index (χ2v) is 5.81. The highest BCUT2D eigenvalue weighted by Crippen LogP contribution is 2.25. The van der Waals surface area contributed by atoms with Gasteiger partial charge in [0.15, 0.2) is 0 Å². The zero-order valence-electron chi connectivity index (χ0n) is 12.1. The Morgan fingerprint density at radius 2 is 2.11 bits per heavy atom. The number of hydrogen-bond donors (Lipinski definition) is 2. The minimum Gasteiger partial charge on any atom is -0.326 e. The lowest BCUT2D eigenvalue weighted by atomic mass is 9.88. The van der Waals surface area contributed by atoms with Crippen LogP contribution in [0.5, 0.6) is 0 Å². The molecule has 0 saturated carbocycles. The zero-order chi connectivity index (χ0) is 13.8. The van der Waals surface area contributed by atoms with Crippen molar-refractivity contribution in [2.75, 3.05) is 18.9 Å². The molecule has 1 aliphatic heterocycles. The maximum Gasteiger partial charge on any atom is 0.224 e. The van der Waals surface area contributed by atoms with Gasteiger partial charge in [-0.2, -0.15) is 0 Å². The van der Waals surface area contributed by atoms with Gasteiger partial charge in [-0.25, -0.2) is 0 Å². The first kappa shape index (κ1) is 14.1. The highest BCUT2D eigenvalue weighted by atomic mass is 16.1. The number of benzene rings is 1. The Balaban J connectivity index is 2.11. The van der Waals surface area contributed by atoms with E-state index in [4.69, 9.17) is 0 Å². The molecule has 1 aliphatic rings. The van der Waals surface area contributed by atoms with Crippen molar-refractivity contribution in [2.45, 2.75) is 33.1 Å². The molecule has 0 bridgehead atoms. The first-order valence-electron chi connectivity index (χ1n) is 7.16. The number of anilines is 1. The molecule has 1 aromatic rings. The molecule has 0 fully saturated rings. The van der Waals surface area contributed by atoms with E-state index in [1.165, 1.54) is 11.1 Å². The number of fused-ring (bicyclic) bond motifs is 1. The lowest BCUT2D eigenvalue weighted by Crippen LogP contribution is -2.25. The van der Waals surface area contributed by atoms with Crippen molar-refractivity contribution in [3.05, 3.63) is 29.3 Å². The molecule has 2 rings (SSSR count). The highest BCUT2D eigenvalue weighted by molar-refractivity contribution is 5.93. The van der Waals surface area contributed by atoms with Gasteiger partial charge < -0.3 is 10.6 Å². The molecule has 0 radical (unpaired) electrons. The Labute approximate surface area is 115 Å². The molecule has 1 unspecified atom stereocenters. The molecular formula is C16H24N2O. The number of aryl methyl sites for hydroxylation is 1. The third-order valence-electron chi connectivity index (χ3n) is 3.97.